The van der Waals surface area contributed by atoms with Crippen LogP contribution < -0.4 is 4.74 Å². The van der Waals surface area contributed by atoms with Crippen LogP contribution in [-0.2, 0) is 28.5 Å². The van der Waals surface area contributed by atoms with E-state index in [0.29, 0.717) is 5.75 Å². The summed E-state index contributed by atoms with van der Waals surface area (Å²) in [5.41, 5.74) is -0.519. The summed E-state index contributed by atoms with van der Waals surface area (Å²) >= 11 is 0. The third kappa shape index (κ3) is 7.69. The van der Waals surface area contributed by atoms with E-state index >= 15 is 0 Å². The molecule has 1 heterocycles. The third-order valence-electron chi connectivity index (χ3n) is 5.38. The Hall–Kier alpha value is -2.16. The third-order valence-corrected chi connectivity index (χ3v) is 5.38. The van der Waals surface area contributed by atoms with Gasteiger partial charge in [0.15, 0.2) is 6.29 Å². The number of aliphatic hydroxyl groups is 1. The minimum Gasteiger partial charge on any atom is -0.497 e. The summed E-state index contributed by atoms with van der Waals surface area (Å²) < 4.78 is 28.4. The van der Waals surface area contributed by atoms with Gasteiger partial charge in [0.2, 0.25) is 0 Å². The van der Waals surface area contributed by atoms with Crippen molar-refractivity contribution in [1.29, 1.82) is 0 Å². The monoisotopic (exact) mass is 466 g/mol. The van der Waals surface area contributed by atoms with E-state index in [2.05, 4.69) is 0 Å². The molecule has 1 aliphatic heterocycles. The van der Waals surface area contributed by atoms with Gasteiger partial charge in [0, 0.05) is 17.4 Å². The molecule has 186 valence electrons. The first-order valence-electron chi connectivity index (χ1n) is 11.2. The molecule has 33 heavy (non-hydrogen) atoms. The predicted molar refractivity (Wildman–Crippen MR) is 121 cm³/mol. The second-order valence-corrected chi connectivity index (χ2v) is 10.4. The Morgan fingerprint density at radius 2 is 1.61 bits per heavy atom. The van der Waals surface area contributed by atoms with Crippen molar-refractivity contribution in [2.45, 2.75) is 53.9 Å². The fraction of sp³-hybridized carbons (Fsp3) is 0.680. The zero-order chi connectivity index (χ0) is 24.8. The number of ether oxygens (including phenoxy) is 5. The van der Waals surface area contributed by atoms with Crippen molar-refractivity contribution in [3.8, 4) is 5.75 Å². The minimum atomic E-state index is -0.678. The largest absolute Gasteiger partial charge is 0.497 e. The van der Waals surface area contributed by atoms with Crippen molar-refractivity contribution in [3.05, 3.63) is 29.8 Å². The number of hydrogen-bond donors (Lipinski definition) is 1. The smallest absolute Gasteiger partial charge is 0.311 e. The molecule has 1 N–H and O–H groups in total. The van der Waals surface area contributed by atoms with Crippen molar-refractivity contribution in [3.63, 3.8) is 0 Å². The maximum Gasteiger partial charge on any atom is 0.311 e. The Morgan fingerprint density at radius 1 is 1.03 bits per heavy atom. The molecule has 0 aliphatic carbocycles. The van der Waals surface area contributed by atoms with Crippen LogP contribution >= 0.6 is 0 Å². The Balaban J connectivity index is 2.18. The lowest BCUT2D eigenvalue weighted by Gasteiger charge is -2.40. The fourth-order valence-corrected chi connectivity index (χ4v) is 3.22. The molecule has 2 rings (SSSR count). The molecule has 1 aliphatic rings. The fourth-order valence-electron chi connectivity index (χ4n) is 3.22. The van der Waals surface area contributed by atoms with Crippen LogP contribution in [0.1, 0.15) is 53.4 Å². The van der Waals surface area contributed by atoms with Crippen LogP contribution in [0.15, 0.2) is 24.3 Å². The lowest BCUT2D eigenvalue weighted by Crippen LogP contribution is -2.46. The summed E-state index contributed by atoms with van der Waals surface area (Å²) in [6.07, 6.45) is -1.24. The number of carbonyl (C=O) groups is 2. The van der Waals surface area contributed by atoms with E-state index in [4.69, 9.17) is 23.7 Å². The Kier molecular flexibility index (Phi) is 9.29. The first-order chi connectivity index (χ1) is 15.4. The number of benzene rings is 1. The normalized spacial score (nSPS) is 22.4. The van der Waals surface area contributed by atoms with Gasteiger partial charge in [-0.1, -0.05) is 12.1 Å². The molecule has 0 amide bonds. The average molecular weight is 467 g/mol. The number of rotatable bonds is 8. The first kappa shape index (κ1) is 27.1. The molecule has 1 saturated heterocycles. The van der Waals surface area contributed by atoms with Gasteiger partial charge >= 0.3 is 11.9 Å². The summed E-state index contributed by atoms with van der Waals surface area (Å²) in [7, 11) is 1.59. The maximum atomic E-state index is 12.3. The molecule has 8 heteroatoms. The topological polar surface area (TPSA) is 101 Å². The molecule has 0 spiro atoms. The standard InChI is InChI=1S/C25H38O8/c1-24(2,3)22(27)31-13-17(12-26)20-18(15-32-23(28)25(4,5)6)14-30-21(33-20)16-8-10-19(29-7)11-9-16/h8-11,17-18,20-21,26H,12-15H2,1-7H3/t17-,18+,20-,21-/m0/s1. The van der Waals surface area contributed by atoms with E-state index < -0.39 is 29.1 Å². The van der Waals surface area contributed by atoms with Crippen LogP contribution in [0, 0.1) is 22.7 Å². The maximum absolute atomic E-state index is 12.3. The molecule has 4 atom stereocenters. The number of hydrogen-bond acceptors (Lipinski definition) is 8. The summed E-state index contributed by atoms with van der Waals surface area (Å²) in [6.45, 7) is 10.7. The molecule has 0 aromatic heterocycles. The quantitative estimate of drug-likeness (QED) is 0.581. The molecule has 0 unspecified atom stereocenters. The SMILES string of the molecule is COc1ccc([C@H]2OC[C@H](COC(=O)C(C)(C)C)[C@H]([C@@H](CO)COC(=O)C(C)(C)C)O2)cc1. The second kappa shape index (κ2) is 11.3. The van der Waals surface area contributed by atoms with Crippen LogP contribution in [0.2, 0.25) is 0 Å². The van der Waals surface area contributed by atoms with Crippen LogP contribution in [0.5, 0.6) is 5.75 Å². The highest BCUT2D eigenvalue weighted by molar-refractivity contribution is 5.75. The van der Waals surface area contributed by atoms with E-state index in [-0.39, 0.29) is 44.3 Å². The van der Waals surface area contributed by atoms with Gasteiger partial charge in [-0.15, -0.1) is 0 Å². The van der Waals surface area contributed by atoms with E-state index in [1.807, 2.05) is 24.3 Å². The van der Waals surface area contributed by atoms with Gasteiger partial charge in [-0.2, -0.15) is 0 Å². The molecule has 1 aromatic carbocycles. The number of esters is 2. The summed E-state index contributed by atoms with van der Waals surface area (Å²) in [4.78, 5) is 24.6. The van der Waals surface area contributed by atoms with E-state index in [9.17, 15) is 14.7 Å². The molecular formula is C25H38O8. The summed E-state index contributed by atoms with van der Waals surface area (Å²) in [5.74, 6) is -0.843. The number of carbonyl (C=O) groups excluding carboxylic acids is 2. The van der Waals surface area contributed by atoms with Gasteiger partial charge in [-0.25, -0.2) is 0 Å². The molecule has 1 aromatic rings. The Morgan fingerprint density at radius 3 is 2.12 bits per heavy atom. The van der Waals surface area contributed by atoms with Gasteiger partial charge in [-0.05, 0) is 53.7 Å². The van der Waals surface area contributed by atoms with Crippen molar-refractivity contribution >= 4 is 11.9 Å². The average Bonchev–Trinajstić information content (AvgIpc) is 2.76. The van der Waals surface area contributed by atoms with Gasteiger partial charge in [0.05, 0.1) is 50.5 Å². The molecule has 0 bridgehead atoms. The second-order valence-electron chi connectivity index (χ2n) is 10.4. The summed E-state index contributed by atoms with van der Waals surface area (Å²) in [5, 5.41) is 10.1. The van der Waals surface area contributed by atoms with Gasteiger partial charge < -0.3 is 28.8 Å². The lowest BCUT2D eigenvalue weighted by molar-refractivity contribution is -0.264. The lowest BCUT2D eigenvalue weighted by atomic mass is 9.90. The highest BCUT2D eigenvalue weighted by Gasteiger charge is 2.40. The van der Waals surface area contributed by atoms with Crippen LogP contribution in [0.3, 0.4) is 0 Å². The van der Waals surface area contributed by atoms with Crippen molar-refractivity contribution < 1.29 is 38.4 Å². The summed E-state index contributed by atoms with van der Waals surface area (Å²) in [6, 6.07) is 7.30. The van der Waals surface area contributed by atoms with Gasteiger partial charge in [0.1, 0.15) is 5.75 Å². The van der Waals surface area contributed by atoms with Crippen LogP contribution in [0.25, 0.3) is 0 Å². The molecule has 0 radical (unpaired) electrons. The van der Waals surface area contributed by atoms with Crippen LogP contribution in [-0.4, -0.2) is 56.7 Å². The highest BCUT2D eigenvalue weighted by atomic mass is 16.7. The Labute approximate surface area is 196 Å². The van der Waals surface area contributed by atoms with E-state index in [1.54, 1.807) is 48.7 Å². The van der Waals surface area contributed by atoms with Crippen molar-refractivity contribution in [2.75, 3.05) is 33.5 Å². The molecule has 0 saturated carbocycles. The van der Waals surface area contributed by atoms with Crippen molar-refractivity contribution in [2.24, 2.45) is 22.7 Å². The highest BCUT2D eigenvalue weighted by Crippen LogP contribution is 2.34. The van der Waals surface area contributed by atoms with E-state index in [0.717, 1.165) is 5.56 Å². The molecule has 8 nitrogen and oxygen atoms in total. The zero-order valence-corrected chi connectivity index (χ0v) is 20.8. The molecular weight excluding hydrogens is 428 g/mol. The number of methoxy groups -OCH3 is 1. The van der Waals surface area contributed by atoms with Gasteiger partial charge in [0.25, 0.3) is 0 Å². The Bertz CT molecular complexity index is 743. The minimum absolute atomic E-state index is 0.0175. The van der Waals surface area contributed by atoms with E-state index in [1.165, 1.54) is 0 Å². The first-order valence-corrected chi connectivity index (χ1v) is 11.2. The number of aliphatic hydroxyl groups excluding tert-OH is 1. The predicted octanol–water partition coefficient (Wildman–Crippen LogP) is 3.51. The molecule has 1 fully saturated rings. The zero-order valence-electron chi connectivity index (χ0n) is 20.8. The van der Waals surface area contributed by atoms with Crippen molar-refractivity contribution in [1.82, 2.24) is 0 Å². The van der Waals surface area contributed by atoms with Crippen LogP contribution in [0.4, 0.5) is 0 Å². The van der Waals surface area contributed by atoms with Gasteiger partial charge in [-0.3, -0.25) is 9.59 Å².